The molecule has 1 aromatic rings. The molecule has 80 valence electrons. The fourth-order valence-electron chi connectivity index (χ4n) is 3.14. The molecule has 2 heteroatoms. The van der Waals surface area contributed by atoms with Crippen molar-refractivity contribution in [1.82, 2.24) is 0 Å². The Bertz CT molecular complexity index is 402. The molecule has 0 radical (unpaired) electrons. The molecule has 1 nitrogen and oxygen atoms in total. The van der Waals surface area contributed by atoms with Gasteiger partial charge in [-0.15, -0.1) is 0 Å². The molecule has 2 unspecified atom stereocenters. The van der Waals surface area contributed by atoms with E-state index in [0.717, 1.165) is 17.5 Å². The van der Waals surface area contributed by atoms with E-state index in [-0.39, 0.29) is 0 Å². The third-order valence-corrected chi connectivity index (χ3v) is 4.48. The second kappa shape index (κ2) is 3.23. The molecular weight excluding hydrogens is 206 g/mol. The van der Waals surface area contributed by atoms with E-state index in [0.29, 0.717) is 5.41 Å². The summed E-state index contributed by atoms with van der Waals surface area (Å²) in [7, 11) is 0. The molecular formula is C13H16ClN. The summed E-state index contributed by atoms with van der Waals surface area (Å²) < 4.78 is 0. The number of nitrogens with two attached hydrogens (primary N) is 1. The molecule has 0 aliphatic heterocycles. The monoisotopic (exact) mass is 221 g/mol. The Hall–Kier alpha value is -0.530. The van der Waals surface area contributed by atoms with Crippen molar-refractivity contribution >= 4 is 11.6 Å². The van der Waals surface area contributed by atoms with E-state index in [9.17, 15) is 0 Å². The molecule has 0 bridgehead atoms. The van der Waals surface area contributed by atoms with Gasteiger partial charge in [0.05, 0.1) is 0 Å². The first-order valence-corrected chi connectivity index (χ1v) is 6.09. The van der Waals surface area contributed by atoms with Gasteiger partial charge in [0.15, 0.2) is 0 Å². The van der Waals surface area contributed by atoms with Crippen LogP contribution >= 0.6 is 11.6 Å². The largest absolute Gasteiger partial charge is 0.330 e. The Kier molecular flexibility index (Phi) is 2.08. The maximum atomic E-state index is 6.04. The van der Waals surface area contributed by atoms with Crippen LogP contribution in [-0.4, -0.2) is 6.54 Å². The van der Waals surface area contributed by atoms with Crippen molar-refractivity contribution in [3.63, 3.8) is 0 Å². The van der Waals surface area contributed by atoms with Crippen LogP contribution in [0.1, 0.15) is 24.0 Å². The highest BCUT2D eigenvalue weighted by Crippen LogP contribution is 2.59. The molecule has 2 N–H and O–H groups in total. The lowest BCUT2D eigenvalue weighted by Gasteiger charge is -2.25. The first-order chi connectivity index (χ1) is 7.23. The molecule has 2 aliphatic carbocycles. The summed E-state index contributed by atoms with van der Waals surface area (Å²) >= 11 is 6.04. The van der Waals surface area contributed by atoms with Crippen molar-refractivity contribution < 1.29 is 0 Å². The SMILES string of the molecule is NCC1CC12CCc1ccc(Cl)cc1C2. The number of rotatable bonds is 1. The van der Waals surface area contributed by atoms with Crippen molar-refractivity contribution in [2.45, 2.75) is 25.7 Å². The van der Waals surface area contributed by atoms with E-state index >= 15 is 0 Å². The minimum atomic E-state index is 0.548. The van der Waals surface area contributed by atoms with Crippen molar-refractivity contribution in [2.24, 2.45) is 17.1 Å². The fraction of sp³-hybridized carbons (Fsp3) is 0.538. The number of fused-ring (bicyclic) bond motifs is 1. The maximum absolute atomic E-state index is 6.04. The lowest BCUT2D eigenvalue weighted by atomic mass is 9.80. The van der Waals surface area contributed by atoms with Gasteiger partial charge >= 0.3 is 0 Å². The fourth-order valence-corrected chi connectivity index (χ4v) is 3.34. The molecule has 0 heterocycles. The summed E-state index contributed by atoms with van der Waals surface area (Å²) in [5.41, 5.74) is 9.27. The maximum Gasteiger partial charge on any atom is 0.0408 e. The van der Waals surface area contributed by atoms with E-state index in [1.165, 1.54) is 36.8 Å². The van der Waals surface area contributed by atoms with Gasteiger partial charge in [-0.2, -0.15) is 0 Å². The van der Waals surface area contributed by atoms with Gasteiger partial charge < -0.3 is 5.73 Å². The molecule has 15 heavy (non-hydrogen) atoms. The van der Waals surface area contributed by atoms with Crippen molar-refractivity contribution in [3.05, 3.63) is 34.3 Å². The Balaban J connectivity index is 1.90. The Labute approximate surface area is 95.6 Å². The van der Waals surface area contributed by atoms with Crippen LogP contribution in [0.15, 0.2) is 18.2 Å². The highest BCUT2D eigenvalue weighted by Gasteiger charge is 2.53. The summed E-state index contributed by atoms with van der Waals surface area (Å²) in [5, 5.41) is 0.871. The second-order valence-electron chi connectivity index (χ2n) is 5.09. The molecule has 2 aliphatic rings. The van der Waals surface area contributed by atoms with Crippen LogP contribution in [0, 0.1) is 11.3 Å². The number of hydrogen-bond acceptors (Lipinski definition) is 1. The third kappa shape index (κ3) is 1.49. The van der Waals surface area contributed by atoms with Gasteiger partial charge in [-0.1, -0.05) is 17.7 Å². The average molecular weight is 222 g/mol. The second-order valence-corrected chi connectivity index (χ2v) is 5.53. The minimum Gasteiger partial charge on any atom is -0.330 e. The van der Waals surface area contributed by atoms with Crippen LogP contribution in [0.4, 0.5) is 0 Å². The Morgan fingerprint density at radius 1 is 1.40 bits per heavy atom. The molecule has 1 spiro atoms. The van der Waals surface area contributed by atoms with Crippen LogP contribution in [-0.2, 0) is 12.8 Å². The number of aryl methyl sites for hydroxylation is 1. The van der Waals surface area contributed by atoms with Crippen LogP contribution in [0.5, 0.6) is 0 Å². The quantitative estimate of drug-likeness (QED) is 0.776. The lowest BCUT2D eigenvalue weighted by molar-refractivity contribution is 0.396. The van der Waals surface area contributed by atoms with E-state index in [2.05, 4.69) is 12.1 Å². The minimum absolute atomic E-state index is 0.548. The zero-order chi connectivity index (χ0) is 10.5. The van der Waals surface area contributed by atoms with Gasteiger partial charge in [0, 0.05) is 5.02 Å². The van der Waals surface area contributed by atoms with E-state index in [4.69, 9.17) is 17.3 Å². The van der Waals surface area contributed by atoms with Crippen molar-refractivity contribution in [3.8, 4) is 0 Å². The van der Waals surface area contributed by atoms with Crippen molar-refractivity contribution in [2.75, 3.05) is 6.54 Å². The summed E-state index contributed by atoms with van der Waals surface area (Å²) in [5.74, 6) is 0.768. The summed E-state index contributed by atoms with van der Waals surface area (Å²) in [4.78, 5) is 0. The zero-order valence-electron chi connectivity index (χ0n) is 8.80. The predicted molar refractivity (Wildman–Crippen MR) is 63.1 cm³/mol. The molecule has 1 aromatic carbocycles. The highest BCUT2D eigenvalue weighted by molar-refractivity contribution is 6.30. The van der Waals surface area contributed by atoms with Gasteiger partial charge in [-0.05, 0) is 66.8 Å². The molecule has 0 saturated heterocycles. The topological polar surface area (TPSA) is 26.0 Å². The Morgan fingerprint density at radius 2 is 2.27 bits per heavy atom. The van der Waals surface area contributed by atoms with Gasteiger partial charge in [-0.25, -0.2) is 0 Å². The summed E-state index contributed by atoms with van der Waals surface area (Å²) in [6.07, 6.45) is 5.06. The van der Waals surface area contributed by atoms with Gasteiger partial charge in [0.25, 0.3) is 0 Å². The van der Waals surface area contributed by atoms with Crippen molar-refractivity contribution in [1.29, 1.82) is 0 Å². The van der Waals surface area contributed by atoms with Gasteiger partial charge in [-0.3, -0.25) is 0 Å². The highest BCUT2D eigenvalue weighted by atomic mass is 35.5. The van der Waals surface area contributed by atoms with Gasteiger partial charge in [0.2, 0.25) is 0 Å². The first-order valence-electron chi connectivity index (χ1n) is 5.71. The first kappa shape index (κ1) is 9.68. The zero-order valence-corrected chi connectivity index (χ0v) is 9.56. The van der Waals surface area contributed by atoms with Crippen LogP contribution in [0.25, 0.3) is 0 Å². The van der Waals surface area contributed by atoms with E-state index in [1.54, 1.807) is 0 Å². The third-order valence-electron chi connectivity index (χ3n) is 4.25. The standard InChI is InChI=1S/C13H16ClN/c14-12-2-1-9-3-4-13(6-10(9)5-12)7-11(13)8-15/h1-2,5,11H,3-4,6-8,15H2. The smallest absolute Gasteiger partial charge is 0.0408 e. The van der Waals surface area contributed by atoms with Gasteiger partial charge in [0.1, 0.15) is 0 Å². The van der Waals surface area contributed by atoms with E-state index in [1.807, 2.05) is 6.07 Å². The number of hydrogen-bond donors (Lipinski definition) is 1. The molecule has 1 saturated carbocycles. The molecule has 0 amide bonds. The molecule has 1 fully saturated rings. The molecule has 0 aromatic heterocycles. The Morgan fingerprint density at radius 3 is 3.00 bits per heavy atom. The summed E-state index contributed by atoms with van der Waals surface area (Å²) in [6, 6.07) is 6.33. The summed E-state index contributed by atoms with van der Waals surface area (Å²) in [6.45, 7) is 0.857. The van der Waals surface area contributed by atoms with Crippen LogP contribution in [0.2, 0.25) is 5.02 Å². The predicted octanol–water partition coefficient (Wildman–Crippen LogP) is 2.79. The average Bonchev–Trinajstić information content (AvgIpc) is 2.90. The molecule has 2 atom stereocenters. The van der Waals surface area contributed by atoms with Crippen LogP contribution < -0.4 is 5.73 Å². The number of halogens is 1. The molecule has 3 rings (SSSR count). The normalized spacial score (nSPS) is 32.8. The lowest BCUT2D eigenvalue weighted by Crippen LogP contribution is -2.20. The number of benzene rings is 1. The van der Waals surface area contributed by atoms with E-state index < -0.39 is 0 Å². The van der Waals surface area contributed by atoms with Crippen LogP contribution in [0.3, 0.4) is 0 Å².